The molecule has 5 rings (SSSR count). The summed E-state index contributed by atoms with van der Waals surface area (Å²) in [7, 11) is 0. The van der Waals surface area contributed by atoms with Crippen molar-refractivity contribution in [1.82, 2.24) is 0 Å². The van der Waals surface area contributed by atoms with Gasteiger partial charge in [0.2, 0.25) is 5.82 Å². The lowest BCUT2D eigenvalue weighted by Crippen LogP contribution is -2.20. The Balaban J connectivity index is 1.24. The van der Waals surface area contributed by atoms with E-state index in [1.807, 2.05) is 30.3 Å². The highest BCUT2D eigenvalue weighted by molar-refractivity contribution is 5.73. The molecule has 0 saturated carbocycles. The van der Waals surface area contributed by atoms with Gasteiger partial charge < -0.3 is 9.47 Å². The van der Waals surface area contributed by atoms with Crippen LogP contribution in [0.1, 0.15) is 44.3 Å². The van der Waals surface area contributed by atoms with Gasteiger partial charge in [-0.05, 0) is 84.0 Å². The zero-order chi connectivity index (χ0) is 27.2. The average Bonchev–Trinajstić information content (AvgIpc) is 2.99. The summed E-state index contributed by atoms with van der Waals surface area (Å²) in [6.07, 6.45) is 6.66. The Morgan fingerprint density at radius 3 is 1.85 bits per heavy atom. The Morgan fingerprint density at radius 1 is 0.769 bits per heavy atom. The van der Waals surface area contributed by atoms with Gasteiger partial charge in [0.25, 0.3) is 0 Å². The molecule has 1 aliphatic rings. The molecule has 2 nitrogen and oxygen atoms in total. The molecule has 0 N–H and O–H groups in total. The zero-order valence-electron chi connectivity index (χ0n) is 22.3. The molecule has 0 aliphatic carbocycles. The second-order valence-corrected chi connectivity index (χ2v) is 10.1. The van der Waals surface area contributed by atoms with Crippen LogP contribution in [0, 0.1) is 17.6 Å². The maximum absolute atomic E-state index is 14.6. The quantitative estimate of drug-likeness (QED) is 0.203. The van der Waals surface area contributed by atoms with Gasteiger partial charge >= 0.3 is 0 Å². The van der Waals surface area contributed by atoms with E-state index in [1.54, 1.807) is 13.0 Å². The Kier molecular flexibility index (Phi) is 8.53. The van der Waals surface area contributed by atoms with Crippen molar-refractivity contribution in [3.8, 4) is 39.1 Å². The fourth-order valence-electron chi connectivity index (χ4n) is 5.26. The zero-order valence-corrected chi connectivity index (χ0v) is 22.3. The molecular formula is C35H34F2O2. The summed E-state index contributed by atoms with van der Waals surface area (Å²) in [4.78, 5) is 0. The lowest BCUT2D eigenvalue weighted by molar-refractivity contribution is -0.0190. The Bertz CT molecular complexity index is 1380. The van der Waals surface area contributed by atoms with Crippen molar-refractivity contribution >= 4 is 0 Å². The van der Waals surface area contributed by atoms with Crippen LogP contribution in [0.2, 0.25) is 0 Å². The predicted molar refractivity (Wildman–Crippen MR) is 155 cm³/mol. The molecule has 200 valence electrons. The maximum atomic E-state index is 14.6. The van der Waals surface area contributed by atoms with E-state index in [4.69, 9.17) is 9.47 Å². The van der Waals surface area contributed by atoms with Gasteiger partial charge in [0.15, 0.2) is 11.6 Å². The van der Waals surface area contributed by atoms with Crippen LogP contribution < -0.4 is 4.74 Å². The maximum Gasteiger partial charge on any atom is 0.201 e. The van der Waals surface area contributed by atoms with E-state index in [9.17, 15) is 8.78 Å². The predicted octanol–water partition coefficient (Wildman–Crippen LogP) is 9.80. The lowest BCUT2D eigenvalue weighted by Gasteiger charge is -2.29. The van der Waals surface area contributed by atoms with Gasteiger partial charge in [-0.1, -0.05) is 78.9 Å². The number of benzene rings is 4. The monoisotopic (exact) mass is 524 g/mol. The first-order valence-electron chi connectivity index (χ1n) is 13.7. The van der Waals surface area contributed by atoms with Crippen molar-refractivity contribution in [1.29, 1.82) is 0 Å². The summed E-state index contributed by atoms with van der Waals surface area (Å²) in [6, 6.07) is 27.6. The molecule has 39 heavy (non-hydrogen) atoms. The Labute approximate surface area is 229 Å². The summed E-state index contributed by atoms with van der Waals surface area (Å²) < 4.78 is 40.3. The summed E-state index contributed by atoms with van der Waals surface area (Å²) in [5, 5.41) is 0. The van der Waals surface area contributed by atoms with Gasteiger partial charge in [0, 0.05) is 5.56 Å². The standard InChI is InChI=1S/C35H34F2O2/c1-3-5-6-24-7-21-32(39-23-24)30-18-14-28(15-19-30)26-10-8-25(9-11-26)27-12-16-29(17-13-27)31-20-22-33(38-4-2)35(37)34(31)36/h3,8-20,22,24,32H,1,4-7,21,23H2,2H3. The van der Waals surface area contributed by atoms with Crippen molar-refractivity contribution in [3.05, 3.63) is 115 Å². The van der Waals surface area contributed by atoms with E-state index >= 15 is 0 Å². The van der Waals surface area contributed by atoms with E-state index in [2.05, 4.69) is 55.1 Å². The molecule has 1 fully saturated rings. The van der Waals surface area contributed by atoms with Crippen LogP contribution in [0.3, 0.4) is 0 Å². The topological polar surface area (TPSA) is 18.5 Å². The third-order valence-corrected chi connectivity index (χ3v) is 7.53. The molecule has 0 radical (unpaired) electrons. The van der Waals surface area contributed by atoms with Crippen molar-refractivity contribution in [2.75, 3.05) is 13.2 Å². The van der Waals surface area contributed by atoms with Crippen molar-refractivity contribution in [2.24, 2.45) is 5.92 Å². The van der Waals surface area contributed by atoms with Gasteiger partial charge in [-0.2, -0.15) is 4.39 Å². The first kappa shape index (κ1) is 26.8. The third kappa shape index (κ3) is 6.12. The molecule has 2 unspecified atom stereocenters. The first-order valence-corrected chi connectivity index (χ1v) is 13.7. The van der Waals surface area contributed by atoms with Gasteiger partial charge in [-0.3, -0.25) is 0 Å². The molecule has 0 spiro atoms. The van der Waals surface area contributed by atoms with Crippen LogP contribution in [-0.4, -0.2) is 13.2 Å². The van der Waals surface area contributed by atoms with Crippen molar-refractivity contribution < 1.29 is 18.3 Å². The third-order valence-electron chi connectivity index (χ3n) is 7.53. The molecule has 0 aromatic heterocycles. The highest BCUT2D eigenvalue weighted by Crippen LogP contribution is 2.35. The number of halogens is 2. The van der Waals surface area contributed by atoms with E-state index in [1.165, 1.54) is 18.1 Å². The molecule has 1 aliphatic heterocycles. The Morgan fingerprint density at radius 2 is 1.33 bits per heavy atom. The van der Waals surface area contributed by atoms with Crippen molar-refractivity contribution in [2.45, 2.75) is 38.7 Å². The summed E-state index contributed by atoms with van der Waals surface area (Å²) in [5.41, 5.74) is 6.43. The smallest absolute Gasteiger partial charge is 0.201 e. The Hall–Kier alpha value is -3.76. The molecule has 0 bridgehead atoms. The molecule has 0 amide bonds. The lowest BCUT2D eigenvalue weighted by atomic mass is 9.91. The second kappa shape index (κ2) is 12.4. The average molecular weight is 525 g/mol. The first-order chi connectivity index (χ1) is 19.1. The fraction of sp³-hybridized carbons (Fsp3) is 0.257. The van der Waals surface area contributed by atoms with E-state index in [0.29, 0.717) is 11.5 Å². The number of ether oxygens (including phenoxy) is 2. The highest BCUT2D eigenvalue weighted by Gasteiger charge is 2.22. The normalized spacial score (nSPS) is 17.1. The van der Waals surface area contributed by atoms with Crippen LogP contribution >= 0.6 is 0 Å². The summed E-state index contributed by atoms with van der Waals surface area (Å²) >= 11 is 0. The number of hydrogen-bond donors (Lipinski definition) is 0. The van der Waals surface area contributed by atoms with Gasteiger partial charge in [-0.15, -0.1) is 6.58 Å². The molecule has 4 heteroatoms. The molecule has 2 atom stereocenters. The molecule has 4 aromatic carbocycles. The van der Waals surface area contributed by atoms with Crippen LogP contribution in [0.4, 0.5) is 8.78 Å². The number of allylic oxidation sites excluding steroid dienone is 1. The van der Waals surface area contributed by atoms with Gasteiger partial charge in [-0.25, -0.2) is 4.39 Å². The van der Waals surface area contributed by atoms with E-state index in [-0.39, 0.29) is 24.0 Å². The van der Waals surface area contributed by atoms with Crippen LogP contribution in [0.5, 0.6) is 5.75 Å². The molecular weight excluding hydrogens is 490 g/mol. The molecule has 1 saturated heterocycles. The summed E-state index contributed by atoms with van der Waals surface area (Å²) in [6.45, 7) is 6.66. The van der Waals surface area contributed by atoms with E-state index in [0.717, 1.165) is 48.1 Å². The van der Waals surface area contributed by atoms with Crippen LogP contribution in [0.25, 0.3) is 33.4 Å². The van der Waals surface area contributed by atoms with Crippen molar-refractivity contribution in [3.63, 3.8) is 0 Å². The molecule has 4 aromatic rings. The minimum atomic E-state index is -0.957. The van der Waals surface area contributed by atoms with Crippen LogP contribution in [0.15, 0.2) is 97.6 Å². The fourth-order valence-corrected chi connectivity index (χ4v) is 5.26. The SMILES string of the molecule is C=CCCC1CCC(c2ccc(-c3ccc(-c4ccc(-c5ccc(OCC)c(F)c5F)cc4)cc3)cc2)OC1. The van der Waals surface area contributed by atoms with E-state index < -0.39 is 11.6 Å². The molecule has 1 heterocycles. The summed E-state index contributed by atoms with van der Waals surface area (Å²) in [5.74, 6) is -1.28. The largest absolute Gasteiger partial charge is 0.491 e. The van der Waals surface area contributed by atoms with Gasteiger partial charge in [0.05, 0.1) is 19.3 Å². The van der Waals surface area contributed by atoms with Gasteiger partial charge in [0.1, 0.15) is 0 Å². The number of hydrogen-bond acceptors (Lipinski definition) is 2. The second-order valence-electron chi connectivity index (χ2n) is 10.1. The number of rotatable bonds is 9. The highest BCUT2D eigenvalue weighted by atomic mass is 19.2. The minimum absolute atomic E-state index is 0.0690. The minimum Gasteiger partial charge on any atom is -0.491 e. The van der Waals surface area contributed by atoms with Crippen LogP contribution in [-0.2, 0) is 4.74 Å².